The van der Waals surface area contributed by atoms with Crippen molar-refractivity contribution >= 4 is 24.4 Å². The minimum absolute atomic E-state index is 0.220. The van der Waals surface area contributed by atoms with E-state index in [1.165, 1.54) is 0 Å². The summed E-state index contributed by atoms with van der Waals surface area (Å²) in [6.07, 6.45) is -4.48. The van der Waals surface area contributed by atoms with Gasteiger partial charge in [0.05, 0.1) is 6.20 Å². The molecule has 2 aliphatic rings. The molecule has 1 radical (unpaired) electrons. The molecule has 17 heavy (non-hydrogen) atoms. The number of nitrogens with zero attached hydrogens (tertiary/aromatic N) is 3. The third-order valence-corrected chi connectivity index (χ3v) is 2.19. The van der Waals surface area contributed by atoms with E-state index >= 15 is 0 Å². The average Bonchev–Trinajstić information content (AvgIpc) is 2.60. The van der Waals surface area contributed by atoms with E-state index in [2.05, 4.69) is 10.5 Å². The van der Waals surface area contributed by atoms with Gasteiger partial charge in [0.1, 0.15) is 10.7 Å². The molecule has 0 aromatic rings. The van der Waals surface area contributed by atoms with Crippen LogP contribution in [-0.4, -0.2) is 33.1 Å². The molecule has 0 aromatic heterocycles. The van der Waals surface area contributed by atoms with Crippen LogP contribution in [-0.2, 0) is 0 Å². The van der Waals surface area contributed by atoms with Crippen LogP contribution in [0.15, 0.2) is 28.1 Å². The summed E-state index contributed by atoms with van der Waals surface area (Å²) in [5, 5.41) is 9.93. The van der Waals surface area contributed by atoms with E-state index in [9.17, 15) is 18.0 Å². The van der Waals surface area contributed by atoms with Crippen molar-refractivity contribution in [1.82, 2.24) is 15.6 Å². The highest BCUT2D eigenvalue weighted by Gasteiger charge is 2.39. The van der Waals surface area contributed by atoms with Crippen molar-refractivity contribution in [1.29, 1.82) is 0 Å². The number of hydrazine groups is 2. The predicted octanol–water partition coefficient (Wildman–Crippen LogP) is 1.56. The Morgan fingerprint density at radius 1 is 1.53 bits per heavy atom. The molecule has 10 heteroatoms. The number of fused-ring (bicyclic) bond motifs is 1. The largest absolute Gasteiger partial charge is 0.464 e. The molecule has 0 atom stereocenters. The Morgan fingerprint density at radius 3 is 2.71 bits per heavy atom. The van der Waals surface area contributed by atoms with E-state index in [0.717, 1.165) is 11.2 Å². The van der Waals surface area contributed by atoms with Crippen LogP contribution in [0.3, 0.4) is 0 Å². The van der Waals surface area contributed by atoms with Crippen molar-refractivity contribution in [2.75, 3.05) is 0 Å². The van der Waals surface area contributed by atoms with Crippen LogP contribution in [0.5, 0.6) is 0 Å². The van der Waals surface area contributed by atoms with Crippen molar-refractivity contribution in [2.24, 2.45) is 4.99 Å². The molecule has 0 saturated carbocycles. The number of carbonyl (C=O) groups is 1. The van der Waals surface area contributed by atoms with Gasteiger partial charge in [-0.05, 0) is 0 Å². The molecular weight excluding hydrogens is 261 g/mol. The van der Waals surface area contributed by atoms with Crippen molar-refractivity contribution < 1.29 is 23.1 Å². The monoisotopic (exact) mass is 265 g/mol. The number of hydrogen-bond donors (Lipinski definition) is 2. The van der Waals surface area contributed by atoms with Crippen molar-refractivity contribution in [3.63, 3.8) is 0 Å². The fourth-order valence-electron chi connectivity index (χ4n) is 1.18. The van der Waals surface area contributed by atoms with Gasteiger partial charge >= 0.3 is 12.3 Å². The van der Waals surface area contributed by atoms with Gasteiger partial charge in [-0.15, -0.1) is 5.53 Å². The Morgan fingerprint density at radius 2 is 2.18 bits per heavy atom. The topological polar surface area (TPSA) is 68.2 Å². The van der Waals surface area contributed by atoms with Crippen LogP contribution >= 0.6 is 12.6 Å². The zero-order valence-electron chi connectivity index (χ0n) is 7.89. The summed E-state index contributed by atoms with van der Waals surface area (Å²) in [6, 6.07) is 0. The molecule has 0 aromatic carbocycles. The van der Waals surface area contributed by atoms with Crippen LogP contribution in [0.1, 0.15) is 0 Å². The highest BCUT2D eigenvalue weighted by atomic mass is 32.1. The van der Waals surface area contributed by atoms with Gasteiger partial charge in [0.25, 0.3) is 0 Å². The van der Waals surface area contributed by atoms with Gasteiger partial charge in [-0.3, -0.25) is 0 Å². The van der Waals surface area contributed by atoms with Crippen LogP contribution < -0.4 is 5.53 Å². The summed E-state index contributed by atoms with van der Waals surface area (Å²) in [5.41, 5.74) is 1.07. The fraction of sp³-hybridized carbons (Fsp3) is 0.143. The number of alkyl halides is 3. The lowest BCUT2D eigenvalue weighted by molar-refractivity contribution is -0.0581. The normalized spacial score (nSPS) is 19.6. The fourth-order valence-corrected chi connectivity index (χ4v) is 1.43. The zero-order valence-corrected chi connectivity index (χ0v) is 8.71. The van der Waals surface area contributed by atoms with Gasteiger partial charge in [-0.1, -0.05) is 12.6 Å². The van der Waals surface area contributed by atoms with E-state index < -0.39 is 18.0 Å². The molecule has 91 valence electrons. The molecular formula is C7H4F3N4O2S. The number of halogens is 3. The van der Waals surface area contributed by atoms with Gasteiger partial charge in [0.15, 0.2) is 5.82 Å². The quantitative estimate of drug-likeness (QED) is 0.697. The van der Waals surface area contributed by atoms with E-state index in [-0.39, 0.29) is 10.9 Å². The molecule has 2 aliphatic heterocycles. The third kappa shape index (κ3) is 2.03. The van der Waals surface area contributed by atoms with Crippen LogP contribution in [0.25, 0.3) is 0 Å². The lowest BCUT2D eigenvalue weighted by Gasteiger charge is -2.23. The first kappa shape index (κ1) is 11.7. The second-order valence-corrected chi connectivity index (χ2v) is 3.47. The third-order valence-electron chi connectivity index (χ3n) is 1.89. The molecule has 6 nitrogen and oxygen atoms in total. The molecule has 0 unspecified atom stereocenters. The molecule has 2 N–H and O–H groups in total. The van der Waals surface area contributed by atoms with Gasteiger partial charge in [0, 0.05) is 6.08 Å². The van der Waals surface area contributed by atoms with Crippen molar-refractivity contribution in [3.8, 4) is 0 Å². The van der Waals surface area contributed by atoms with Crippen LogP contribution in [0.2, 0.25) is 0 Å². The summed E-state index contributed by atoms with van der Waals surface area (Å²) in [5.74, 6) is -0.229. The Bertz CT molecular complexity index is 470. The highest BCUT2D eigenvalue weighted by molar-refractivity contribution is 7.84. The SMILES string of the molecule is O=C(O)N1C=C2N=C(C(F)(F)F)C=C([S])N2N1. The van der Waals surface area contributed by atoms with E-state index in [1.807, 2.05) is 0 Å². The van der Waals surface area contributed by atoms with Crippen molar-refractivity contribution in [3.05, 3.63) is 23.1 Å². The van der Waals surface area contributed by atoms with Crippen molar-refractivity contribution in [2.45, 2.75) is 6.18 Å². The highest BCUT2D eigenvalue weighted by Crippen LogP contribution is 2.30. The molecule has 1 amide bonds. The van der Waals surface area contributed by atoms with Crippen LogP contribution in [0.4, 0.5) is 18.0 Å². The number of hydrogen-bond acceptors (Lipinski definition) is 4. The number of allylic oxidation sites excluding steroid dienone is 1. The first-order chi connectivity index (χ1) is 7.79. The Balaban J connectivity index is 2.37. The number of aliphatic imine (C=N–C) groups is 1. The lowest BCUT2D eigenvalue weighted by atomic mass is 10.3. The molecule has 2 rings (SSSR count). The Hall–Kier alpha value is -1.81. The smallest absolute Gasteiger partial charge is 0.433 e. The number of nitrogens with one attached hydrogen (secondary N) is 1. The molecule has 0 saturated heterocycles. The minimum Gasteiger partial charge on any atom is -0.464 e. The maximum Gasteiger partial charge on any atom is 0.433 e. The summed E-state index contributed by atoms with van der Waals surface area (Å²) in [4.78, 5) is 13.9. The number of rotatable bonds is 0. The van der Waals surface area contributed by atoms with E-state index in [0.29, 0.717) is 11.1 Å². The second-order valence-electron chi connectivity index (χ2n) is 3.05. The molecule has 0 bridgehead atoms. The summed E-state index contributed by atoms with van der Waals surface area (Å²) >= 11 is 4.70. The number of carboxylic acid groups (broad SMARTS) is 1. The first-order valence-electron chi connectivity index (χ1n) is 4.14. The maximum absolute atomic E-state index is 12.4. The van der Waals surface area contributed by atoms with Gasteiger partial charge in [0.2, 0.25) is 0 Å². The molecule has 2 heterocycles. The van der Waals surface area contributed by atoms with Gasteiger partial charge < -0.3 is 5.11 Å². The zero-order chi connectivity index (χ0) is 12.8. The molecule has 0 fully saturated rings. The van der Waals surface area contributed by atoms with E-state index in [1.54, 1.807) is 0 Å². The average molecular weight is 265 g/mol. The second kappa shape index (κ2) is 3.60. The standard InChI is InChI=1S/C7H4F3N4O2S/c8-7(9,10)3-1-5(17)14-4(11-3)2-13(12-14)6(15)16/h1-2,12H,(H,15,16). The Kier molecular flexibility index (Phi) is 2.47. The Labute approximate surface area is 98.1 Å². The van der Waals surface area contributed by atoms with E-state index in [4.69, 9.17) is 17.7 Å². The summed E-state index contributed by atoms with van der Waals surface area (Å²) < 4.78 is 37.2. The molecule has 0 spiro atoms. The predicted molar refractivity (Wildman–Crippen MR) is 52.1 cm³/mol. The maximum atomic E-state index is 12.4. The van der Waals surface area contributed by atoms with Gasteiger partial charge in [-0.2, -0.15) is 18.2 Å². The van der Waals surface area contributed by atoms with Crippen LogP contribution in [0, 0.1) is 0 Å². The van der Waals surface area contributed by atoms with Gasteiger partial charge in [-0.25, -0.2) is 14.8 Å². The molecule has 0 aliphatic carbocycles. The lowest BCUT2D eigenvalue weighted by Crippen LogP contribution is -2.42. The minimum atomic E-state index is -4.63. The number of amides is 1. The summed E-state index contributed by atoms with van der Waals surface area (Å²) in [7, 11) is 0. The first-order valence-corrected chi connectivity index (χ1v) is 4.55. The summed E-state index contributed by atoms with van der Waals surface area (Å²) in [6.45, 7) is 0.